The number of anilines is 1. The van der Waals surface area contributed by atoms with E-state index in [1.54, 1.807) is 11.8 Å². The number of urea groups is 1. The van der Waals surface area contributed by atoms with Crippen molar-refractivity contribution in [3.8, 4) is 0 Å². The zero-order valence-corrected chi connectivity index (χ0v) is 20.9. The van der Waals surface area contributed by atoms with Gasteiger partial charge in [-0.05, 0) is 55.9 Å². The lowest BCUT2D eigenvalue weighted by Crippen LogP contribution is -2.45. The van der Waals surface area contributed by atoms with Crippen LogP contribution in [0, 0.1) is 5.92 Å². The molecule has 1 aromatic carbocycles. The Labute approximate surface area is 202 Å². The van der Waals surface area contributed by atoms with Crippen LogP contribution < -0.4 is 5.32 Å². The largest absolute Gasteiger partial charge is 0.480 e. The zero-order valence-electron chi connectivity index (χ0n) is 18.5. The number of amides is 2. The van der Waals surface area contributed by atoms with E-state index in [0.29, 0.717) is 12.5 Å². The van der Waals surface area contributed by atoms with Gasteiger partial charge >= 0.3 is 12.0 Å². The van der Waals surface area contributed by atoms with E-state index < -0.39 is 21.6 Å². The number of carboxylic acid groups (broad SMARTS) is 1. The maximum atomic E-state index is 13.1. The van der Waals surface area contributed by atoms with Gasteiger partial charge in [0.15, 0.2) is 20.7 Å². The van der Waals surface area contributed by atoms with Gasteiger partial charge in [-0.2, -0.15) is 0 Å². The number of carbonyl (C=O) groups is 2. The summed E-state index contributed by atoms with van der Waals surface area (Å²) >= 11 is 2.53. The molecule has 1 heterocycles. The smallest absolute Gasteiger partial charge is 0.323 e. The van der Waals surface area contributed by atoms with Crippen molar-refractivity contribution in [1.29, 1.82) is 0 Å². The van der Waals surface area contributed by atoms with E-state index in [2.05, 4.69) is 29.4 Å². The molecule has 2 N–H and O–H groups in total. The number of hydrogen-bond acceptors (Lipinski definition) is 7. The number of rotatable bonds is 10. The van der Waals surface area contributed by atoms with Gasteiger partial charge in [-0.1, -0.05) is 36.5 Å². The van der Waals surface area contributed by atoms with Gasteiger partial charge in [0.25, 0.3) is 0 Å². The topological polar surface area (TPSA) is 117 Å². The van der Waals surface area contributed by atoms with E-state index >= 15 is 0 Å². The fourth-order valence-electron chi connectivity index (χ4n) is 3.80. The van der Waals surface area contributed by atoms with Crippen molar-refractivity contribution in [1.82, 2.24) is 9.88 Å². The molecule has 0 radical (unpaired) electrons. The monoisotopic (exact) mass is 511 g/mol. The Morgan fingerprint density at radius 3 is 2.58 bits per heavy atom. The molecule has 2 amide bonds. The minimum absolute atomic E-state index is 0.137. The molecule has 33 heavy (non-hydrogen) atoms. The van der Waals surface area contributed by atoms with Crippen molar-refractivity contribution in [3.05, 3.63) is 36.5 Å². The number of hydrogen-bond donors (Lipinski definition) is 2. The molecule has 3 rings (SSSR count). The second kappa shape index (κ2) is 11.8. The van der Waals surface area contributed by atoms with Gasteiger partial charge in [-0.15, -0.1) is 11.8 Å². The highest BCUT2D eigenvalue weighted by Gasteiger charge is 2.28. The molecule has 1 aliphatic carbocycles. The second-order valence-electron chi connectivity index (χ2n) is 8.19. The van der Waals surface area contributed by atoms with Gasteiger partial charge in [0.1, 0.15) is 4.21 Å². The number of thiazole rings is 1. The van der Waals surface area contributed by atoms with E-state index in [-0.39, 0.29) is 21.4 Å². The van der Waals surface area contributed by atoms with Crippen molar-refractivity contribution in [2.24, 2.45) is 5.92 Å². The number of sulfone groups is 1. The predicted octanol–water partition coefficient (Wildman–Crippen LogP) is 4.60. The highest BCUT2D eigenvalue weighted by atomic mass is 32.2. The van der Waals surface area contributed by atoms with Crippen molar-refractivity contribution in [2.75, 3.05) is 23.4 Å². The Bertz CT molecular complexity index is 1030. The number of nitrogens with one attached hydrogen (secondary N) is 1. The average Bonchev–Trinajstić information content (AvgIpc) is 3.24. The Balaban J connectivity index is 1.63. The lowest BCUT2D eigenvalue weighted by atomic mass is 9.86. The summed E-state index contributed by atoms with van der Waals surface area (Å²) in [6.45, 7) is 2.83. The van der Waals surface area contributed by atoms with Crippen LogP contribution in [0.3, 0.4) is 0 Å². The number of nitrogens with zero attached hydrogens (tertiary/aromatic N) is 2. The molecule has 0 saturated heterocycles. The summed E-state index contributed by atoms with van der Waals surface area (Å²) < 4.78 is 24.0. The number of aliphatic carboxylic acids is 1. The number of carbonyl (C=O) groups excluding carboxylic acids is 1. The number of thioether (sulfide) groups is 1. The summed E-state index contributed by atoms with van der Waals surface area (Å²) in [5, 5.41) is 11.7. The van der Waals surface area contributed by atoms with Crippen LogP contribution in [0.1, 0.15) is 39.0 Å². The Morgan fingerprint density at radius 2 is 1.91 bits per heavy atom. The number of carboxylic acids is 1. The fourth-order valence-corrected chi connectivity index (χ4v) is 6.80. The molecule has 0 bridgehead atoms. The molecule has 0 spiro atoms. The van der Waals surface area contributed by atoms with Crippen LogP contribution in [0.5, 0.6) is 0 Å². The van der Waals surface area contributed by atoms with E-state index in [9.17, 15) is 18.0 Å². The van der Waals surface area contributed by atoms with E-state index in [1.165, 1.54) is 4.90 Å². The molecule has 1 aliphatic rings. The first-order chi connectivity index (χ1) is 15.7. The van der Waals surface area contributed by atoms with Crippen LogP contribution in [-0.2, 0) is 14.6 Å². The first-order valence-electron chi connectivity index (χ1n) is 10.9. The molecule has 0 atom stereocenters. The summed E-state index contributed by atoms with van der Waals surface area (Å²) in [4.78, 5) is 31.0. The quantitative estimate of drug-likeness (QED) is 0.354. The van der Waals surface area contributed by atoms with E-state index in [0.717, 1.165) is 55.4 Å². The van der Waals surface area contributed by atoms with Crippen LogP contribution in [-0.4, -0.2) is 59.5 Å². The van der Waals surface area contributed by atoms with Crippen LogP contribution in [0.25, 0.3) is 0 Å². The molecule has 8 nitrogen and oxygen atoms in total. The average molecular weight is 512 g/mol. The number of aromatic nitrogens is 1. The van der Waals surface area contributed by atoms with Gasteiger partial charge in [-0.3, -0.25) is 10.1 Å². The predicted molar refractivity (Wildman–Crippen MR) is 131 cm³/mol. The Hall–Kier alpha value is -2.11. The fraction of sp³-hybridized carbons (Fsp3) is 0.500. The summed E-state index contributed by atoms with van der Waals surface area (Å²) in [6.07, 6.45) is 5.95. The summed E-state index contributed by atoms with van der Waals surface area (Å²) in [7, 11) is -3.98. The van der Waals surface area contributed by atoms with Gasteiger partial charge < -0.3 is 10.0 Å². The molecule has 180 valence electrons. The van der Waals surface area contributed by atoms with Crippen molar-refractivity contribution in [2.45, 2.75) is 54.2 Å². The second-order valence-corrected chi connectivity index (χ2v) is 12.6. The van der Waals surface area contributed by atoms with Crippen LogP contribution >= 0.6 is 23.1 Å². The van der Waals surface area contributed by atoms with Gasteiger partial charge in [0.05, 0.1) is 6.20 Å². The van der Waals surface area contributed by atoms with E-state index in [1.807, 2.05) is 23.1 Å². The summed E-state index contributed by atoms with van der Waals surface area (Å²) in [6, 6.07) is 9.96. The van der Waals surface area contributed by atoms with Gasteiger partial charge in [-0.25, -0.2) is 18.2 Å². The molecule has 0 unspecified atom stereocenters. The number of benzene rings is 1. The molecule has 11 heteroatoms. The Kier molecular flexibility index (Phi) is 9.16. The molecular weight excluding hydrogens is 482 g/mol. The summed E-state index contributed by atoms with van der Waals surface area (Å²) in [5.41, 5.74) is 0. The van der Waals surface area contributed by atoms with Gasteiger partial charge in [0, 0.05) is 17.5 Å². The lowest BCUT2D eigenvalue weighted by Gasteiger charge is -2.36. The van der Waals surface area contributed by atoms with Crippen molar-refractivity contribution in [3.63, 3.8) is 0 Å². The minimum atomic E-state index is -3.98. The van der Waals surface area contributed by atoms with Crippen molar-refractivity contribution >= 4 is 50.1 Å². The molecule has 1 saturated carbocycles. The normalized spacial score (nSPS) is 18.6. The van der Waals surface area contributed by atoms with E-state index in [4.69, 9.17) is 5.11 Å². The first kappa shape index (κ1) is 25.5. The summed E-state index contributed by atoms with van der Waals surface area (Å²) in [5.74, 6) is -0.902. The van der Waals surface area contributed by atoms with Crippen LogP contribution in [0.4, 0.5) is 9.93 Å². The van der Waals surface area contributed by atoms with Crippen LogP contribution in [0.15, 0.2) is 45.6 Å². The van der Waals surface area contributed by atoms with Gasteiger partial charge in [0.2, 0.25) is 0 Å². The standard InChI is InChI=1S/C22H29N3O5S3/c1-16-8-10-17(11-9-16)25(12-5-13-31-18-6-3-2-4-7-18)22(28)24-21-23-14-20(32-21)33(29,30)15-19(26)27/h2-4,6-7,14,16-17H,5,8-13,15H2,1H3,(H,26,27)(H,23,24,28)/t16-,17-. The van der Waals surface area contributed by atoms with Crippen molar-refractivity contribution < 1.29 is 23.1 Å². The highest BCUT2D eigenvalue weighted by Crippen LogP contribution is 2.29. The lowest BCUT2D eigenvalue weighted by molar-refractivity contribution is -0.134. The maximum Gasteiger partial charge on any atom is 0.323 e. The third-order valence-electron chi connectivity index (χ3n) is 5.56. The van der Waals surface area contributed by atoms with Crippen LogP contribution in [0.2, 0.25) is 0 Å². The highest BCUT2D eigenvalue weighted by molar-refractivity contribution is 7.99. The SMILES string of the molecule is C[C@H]1CC[C@H](N(CCCSc2ccccc2)C(=O)Nc2ncc(S(=O)(=O)CC(=O)O)s2)CC1. The third-order valence-corrected chi connectivity index (χ3v) is 9.72. The molecule has 1 fully saturated rings. The molecule has 2 aromatic rings. The molecule has 0 aliphatic heterocycles. The third kappa shape index (κ3) is 7.72. The minimum Gasteiger partial charge on any atom is -0.480 e. The molecular formula is C22H29N3O5S3. The zero-order chi connectivity index (χ0) is 23.8. The maximum absolute atomic E-state index is 13.1. The Morgan fingerprint density at radius 1 is 1.21 bits per heavy atom. The molecule has 1 aromatic heterocycles. The first-order valence-corrected chi connectivity index (χ1v) is 14.4.